The molecule has 33 heavy (non-hydrogen) atoms. The summed E-state index contributed by atoms with van der Waals surface area (Å²) in [6.07, 6.45) is 3.15. The standard InChI is InChI=1S/C26H28N4O3/c1-33-23-9-5-8-22(17-23)29-26(32)21-10-13-27-24(16-21)30-14-11-20(12-15-30)25(31)28-18-19-6-3-2-4-7-19/h2-10,13,16-17,20H,11-12,14-15,18H2,1H3,(H,28,31)(H,29,32). The number of carbonyl (C=O) groups excluding carboxylic acids is 2. The summed E-state index contributed by atoms with van der Waals surface area (Å²) in [5.41, 5.74) is 2.29. The molecule has 0 unspecified atom stereocenters. The lowest BCUT2D eigenvalue weighted by Crippen LogP contribution is -2.40. The van der Waals surface area contributed by atoms with E-state index in [-0.39, 0.29) is 17.7 Å². The van der Waals surface area contributed by atoms with Crippen LogP contribution < -0.4 is 20.3 Å². The lowest BCUT2D eigenvalue weighted by molar-refractivity contribution is -0.125. The summed E-state index contributed by atoms with van der Waals surface area (Å²) in [5, 5.41) is 5.94. The fourth-order valence-corrected chi connectivity index (χ4v) is 3.94. The van der Waals surface area contributed by atoms with Gasteiger partial charge in [-0.1, -0.05) is 36.4 Å². The molecule has 0 radical (unpaired) electrons. The number of pyridine rings is 1. The van der Waals surface area contributed by atoms with E-state index in [0.29, 0.717) is 23.5 Å². The Bertz CT molecular complexity index is 1100. The number of piperidine rings is 1. The minimum absolute atomic E-state index is 0.00972. The highest BCUT2D eigenvalue weighted by Gasteiger charge is 2.25. The quantitative estimate of drug-likeness (QED) is 0.578. The Morgan fingerprint density at radius 1 is 1.03 bits per heavy atom. The van der Waals surface area contributed by atoms with Crippen LogP contribution in [0.3, 0.4) is 0 Å². The molecule has 0 atom stereocenters. The SMILES string of the molecule is COc1cccc(NC(=O)c2ccnc(N3CCC(C(=O)NCc4ccccc4)CC3)c2)c1. The number of rotatable bonds is 7. The number of nitrogens with one attached hydrogen (secondary N) is 2. The maximum Gasteiger partial charge on any atom is 0.255 e. The molecular weight excluding hydrogens is 416 g/mol. The summed E-state index contributed by atoms with van der Waals surface area (Å²) in [6, 6.07) is 20.6. The van der Waals surface area contributed by atoms with E-state index in [2.05, 4.69) is 20.5 Å². The Kier molecular flexibility index (Phi) is 7.19. The van der Waals surface area contributed by atoms with Gasteiger partial charge in [-0.2, -0.15) is 0 Å². The summed E-state index contributed by atoms with van der Waals surface area (Å²) >= 11 is 0. The van der Waals surface area contributed by atoms with Crippen LogP contribution in [0.2, 0.25) is 0 Å². The molecule has 170 valence electrons. The van der Waals surface area contributed by atoms with E-state index in [0.717, 1.165) is 37.3 Å². The van der Waals surface area contributed by atoms with E-state index >= 15 is 0 Å². The molecule has 3 aromatic rings. The van der Waals surface area contributed by atoms with Crippen molar-refractivity contribution in [3.63, 3.8) is 0 Å². The Hall–Kier alpha value is -3.87. The zero-order valence-electron chi connectivity index (χ0n) is 18.7. The molecule has 2 amide bonds. The largest absolute Gasteiger partial charge is 0.497 e. The fraction of sp³-hybridized carbons (Fsp3) is 0.269. The minimum Gasteiger partial charge on any atom is -0.497 e. The summed E-state index contributed by atoms with van der Waals surface area (Å²) in [5.74, 6) is 1.31. The summed E-state index contributed by atoms with van der Waals surface area (Å²) in [6.45, 7) is 1.99. The van der Waals surface area contributed by atoms with Crippen LogP contribution in [-0.2, 0) is 11.3 Å². The molecule has 1 aromatic heterocycles. The first-order valence-electron chi connectivity index (χ1n) is 11.1. The highest BCUT2D eigenvalue weighted by Crippen LogP contribution is 2.23. The van der Waals surface area contributed by atoms with Gasteiger partial charge in [-0.05, 0) is 42.7 Å². The Labute approximate surface area is 193 Å². The van der Waals surface area contributed by atoms with Gasteiger partial charge in [-0.15, -0.1) is 0 Å². The lowest BCUT2D eigenvalue weighted by atomic mass is 9.95. The number of hydrogen-bond donors (Lipinski definition) is 2. The van der Waals surface area contributed by atoms with Crippen molar-refractivity contribution in [2.45, 2.75) is 19.4 Å². The van der Waals surface area contributed by atoms with Crippen LogP contribution in [0, 0.1) is 5.92 Å². The van der Waals surface area contributed by atoms with Crippen LogP contribution >= 0.6 is 0 Å². The van der Waals surface area contributed by atoms with E-state index < -0.39 is 0 Å². The van der Waals surface area contributed by atoms with E-state index in [1.54, 1.807) is 31.5 Å². The number of ether oxygens (including phenoxy) is 1. The Morgan fingerprint density at radius 3 is 2.58 bits per heavy atom. The maximum atomic E-state index is 12.7. The van der Waals surface area contributed by atoms with Gasteiger partial charge in [0.1, 0.15) is 11.6 Å². The predicted molar refractivity (Wildman–Crippen MR) is 128 cm³/mol. The number of benzene rings is 2. The van der Waals surface area contributed by atoms with Crippen LogP contribution in [0.1, 0.15) is 28.8 Å². The zero-order valence-corrected chi connectivity index (χ0v) is 18.7. The smallest absolute Gasteiger partial charge is 0.255 e. The van der Waals surface area contributed by atoms with Gasteiger partial charge < -0.3 is 20.3 Å². The lowest BCUT2D eigenvalue weighted by Gasteiger charge is -2.32. The van der Waals surface area contributed by atoms with E-state index in [1.807, 2.05) is 48.5 Å². The van der Waals surface area contributed by atoms with E-state index in [4.69, 9.17) is 4.74 Å². The summed E-state index contributed by atoms with van der Waals surface area (Å²) in [7, 11) is 1.59. The van der Waals surface area contributed by atoms with Crippen molar-refractivity contribution in [1.82, 2.24) is 10.3 Å². The van der Waals surface area contributed by atoms with Gasteiger partial charge in [0.25, 0.3) is 5.91 Å². The second-order valence-corrected chi connectivity index (χ2v) is 8.05. The molecule has 1 saturated heterocycles. The maximum absolute atomic E-state index is 12.7. The number of carbonyl (C=O) groups is 2. The number of hydrogen-bond acceptors (Lipinski definition) is 5. The molecule has 2 N–H and O–H groups in total. The molecular formula is C26H28N4O3. The Morgan fingerprint density at radius 2 is 1.82 bits per heavy atom. The van der Waals surface area contributed by atoms with Gasteiger partial charge >= 0.3 is 0 Å². The average Bonchev–Trinajstić information content (AvgIpc) is 2.88. The van der Waals surface area contributed by atoms with Crippen LogP contribution in [0.4, 0.5) is 11.5 Å². The monoisotopic (exact) mass is 444 g/mol. The summed E-state index contributed by atoms with van der Waals surface area (Å²) in [4.78, 5) is 31.9. The molecule has 4 rings (SSSR count). The molecule has 1 aliphatic heterocycles. The molecule has 7 heteroatoms. The third-order valence-corrected chi connectivity index (χ3v) is 5.83. The van der Waals surface area contributed by atoms with Crippen molar-refractivity contribution >= 4 is 23.3 Å². The average molecular weight is 445 g/mol. The second-order valence-electron chi connectivity index (χ2n) is 8.05. The van der Waals surface area contributed by atoms with Crippen LogP contribution in [0.25, 0.3) is 0 Å². The number of anilines is 2. The van der Waals surface area contributed by atoms with Gasteiger partial charge in [0.2, 0.25) is 5.91 Å². The molecule has 2 heterocycles. The van der Waals surface area contributed by atoms with Gasteiger partial charge in [-0.25, -0.2) is 4.98 Å². The van der Waals surface area contributed by atoms with Crippen molar-refractivity contribution < 1.29 is 14.3 Å². The van der Waals surface area contributed by atoms with Gasteiger partial charge in [-0.3, -0.25) is 9.59 Å². The van der Waals surface area contributed by atoms with Crippen molar-refractivity contribution in [2.24, 2.45) is 5.92 Å². The predicted octanol–water partition coefficient (Wildman–Crippen LogP) is 3.88. The van der Waals surface area contributed by atoms with Crippen LogP contribution in [0.5, 0.6) is 5.75 Å². The zero-order chi connectivity index (χ0) is 23.0. The van der Waals surface area contributed by atoms with Gasteiger partial charge in [0, 0.05) is 49.1 Å². The molecule has 0 saturated carbocycles. The first-order valence-corrected chi connectivity index (χ1v) is 11.1. The Balaban J connectivity index is 1.31. The van der Waals surface area contributed by atoms with Crippen molar-refractivity contribution in [2.75, 3.05) is 30.4 Å². The minimum atomic E-state index is -0.206. The molecule has 1 fully saturated rings. The van der Waals surface area contributed by atoms with E-state index in [9.17, 15) is 9.59 Å². The van der Waals surface area contributed by atoms with Crippen molar-refractivity contribution in [3.8, 4) is 5.75 Å². The third kappa shape index (κ3) is 5.88. The highest BCUT2D eigenvalue weighted by molar-refractivity contribution is 6.04. The number of amides is 2. The van der Waals surface area contributed by atoms with Crippen molar-refractivity contribution in [1.29, 1.82) is 0 Å². The van der Waals surface area contributed by atoms with Gasteiger partial charge in [0.05, 0.1) is 7.11 Å². The van der Waals surface area contributed by atoms with Gasteiger partial charge in [0.15, 0.2) is 0 Å². The topological polar surface area (TPSA) is 83.6 Å². The second kappa shape index (κ2) is 10.6. The molecule has 0 bridgehead atoms. The number of nitrogens with zero attached hydrogens (tertiary/aromatic N) is 2. The summed E-state index contributed by atoms with van der Waals surface area (Å²) < 4.78 is 5.21. The van der Waals surface area contributed by atoms with Crippen LogP contribution in [0.15, 0.2) is 72.9 Å². The number of aromatic nitrogens is 1. The van der Waals surface area contributed by atoms with Crippen molar-refractivity contribution in [3.05, 3.63) is 84.1 Å². The van der Waals surface area contributed by atoms with E-state index in [1.165, 1.54) is 0 Å². The normalized spacial score (nSPS) is 13.9. The first kappa shape index (κ1) is 22.3. The molecule has 0 spiro atoms. The van der Waals surface area contributed by atoms with Crippen LogP contribution in [-0.4, -0.2) is 37.0 Å². The number of methoxy groups -OCH3 is 1. The molecule has 1 aliphatic rings. The molecule has 2 aromatic carbocycles. The highest BCUT2D eigenvalue weighted by atomic mass is 16.5. The molecule has 7 nitrogen and oxygen atoms in total. The fourth-order valence-electron chi connectivity index (χ4n) is 3.94. The molecule has 0 aliphatic carbocycles. The third-order valence-electron chi connectivity index (χ3n) is 5.83. The first-order chi connectivity index (χ1) is 16.1.